The largest absolute Gasteiger partial charge is 0.310 e. The summed E-state index contributed by atoms with van der Waals surface area (Å²) in [5.41, 5.74) is 19.3. The minimum atomic E-state index is -0.165. The average Bonchev–Trinajstić information content (AvgIpc) is 3.52. The third-order valence-corrected chi connectivity index (χ3v) is 14.5. The highest BCUT2D eigenvalue weighted by Gasteiger charge is 2.41. The second-order valence-corrected chi connectivity index (χ2v) is 19.6. The number of rotatable bonds is 6. The van der Waals surface area contributed by atoms with Crippen LogP contribution >= 0.6 is 0 Å². The highest BCUT2D eigenvalue weighted by molar-refractivity contribution is 5.97. The first-order chi connectivity index (χ1) is 30.0. The second kappa shape index (κ2) is 14.2. The van der Waals surface area contributed by atoms with Gasteiger partial charge in [-0.15, -0.1) is 0 Å². The average molecular weight is 800 g/mol. The zero-order valence-corrected chi connectivity index (χ0v) is 36.8. The number of fused-ring (bicyclic) bond motifs is 6. The van der Waals surface area contributed by atoms with Crippen molar-refractivity contribution in [3.63, 3.8) is 0 Å². The molecule has 0 heterocycles. The molecule has 0 N–H and O–H groups in total. The summed E-state index contributed by atoms with van der Waals surface area (Å²) in [5.74, 6) is 0. The van der Waals surface area contributed by atoms with Crippen LogP contribution in [0.3, 0.4) is 0 Å². The monoisotopic (exact) mass is 799 g/mol. The van der Waals surface area contributed by atoms with Crippen molar-refractivity contribution in [3.05, 3.63) is 210 Å². The van der Waals surface area contributed by atoms with Gasteiger partial charge in [-0.25, -0.2) is 0 Å². The van der Waals surface area contributed by atoms with Gasteiger partial charge in [0.05, 0.1) is 5.69 Å². The number of hydrogen-bond acceptors (Lipinski definition) is 1. The fourth-order valence-corrected chi connectivity index (χ4v) is 10.9. The predicted octanol–water partition coefficient (Wildman–Crippen LogP) is 17.1. The van der Waals surface area contributed by atoms with Crippen molar-refractivity contribution >= 4 is 38.6 Å². The van der Waals surface area contributed by atoms with Gasteiger partial charge >= 0.3 is 0 Å². The third kappa shape index (κ3) is 6.20. The van der Waals surface area contributed by atoms with Crippen LogP contribution in [0.2, 0.25) is 0 Å². The Balaban J connectivity index is 1.15. The molecule has 0 unspecified atom stereocenters. The normalized spacial score (nSPS) is 15.5. The Hall–Kier alpha value is -6.70. The minimum Gasteiger partial charge on any atom is -0.310 e. The summed E-state index contributed by atoms with van der Waals surface area (Å²) in [6, 6.07) is 70.6. The van der Waals surface area contributed by atoms with Crippen LogP contribution in [-0.4, -0.2) is 0 Å². The molecule has 1 heteroatoms. The Morgan fingerprint density at radius 2 is 0.823 bits per heavy atom. The van der Waals surface area contributed by atoms with Gasteiger partial charge in [0.15, 0.2) is 0 Å². The first kappa shape index (κ1) is 38.2. The van der Waals surface area contributed by atoms with E-state index in [9.17, 15) is 0 Å². The fourth-order valence-electron chi connectivity index (χ4n) is 10.9. The number of nitrogens with zero attached hydrogens (tertiary/aromatic N) is 1. The van der Waals surface area contributed by atoms with Crippen LogP contribution in [-0.2, 0) is 16.2 Å². The Kier molecular flexibility index (Phi) is 8.75. The van der Waals surface area contributed by atoms with Crippen LogP contribution in [0.4, 0.5) is 17.1 Å². The maximum atomic E-state index is 2.55. The summed E-state index contributed by atoms with van der Waals surface area (Å²) in [6.07, 6.45) is 2.32. The van der Waals surface area contributed by atoms with Crippen molar-refractivity contribution in [2.75, 3.05) is 4.90 Å². The highest BCUT2D eigenvalue weighted by atomic mass is 15.1. The van der Waals surface area contributed by atoms with Gasteiger partial charge in [-0.1, -0.05) is 181 Å². The zero-order valence-electron chi connectivity index (χ0n) is 36.8. The molecular weight excluding hydrogens is 747 g/mol. The van der Waals surface area contributed by atoms with E-state index in [1.54, 1.807) is 0 Å². The van der Waals surface area contributed by atoms with E-state index >= 15 is 0 Å². The smallest absolute Gasteiger partial charge is 0.0543 e. The number of anilines is 3. The van der Waals surface area contributed by atoms with E-state index in [1.165, 1.54) is 100 Å². The molecule has 0 radical (unpaired) electrons. The Morgan fingerprint density at radius 3 is 1.42 bits per heavy atom. The van der Waals surface area contributed by atoms with Crippen LogP contribution in [0.15, 0.2) is 188 Å². The molecule has 0 saturated heterocycles. The molecule has 0 atom stereocenters. The van der Waals surface area contributed by atoms with Gasteiger partial charge in [-0.05, 0) is 155 Å². The topological polar surface area (TPSA) is 3.24 Å². The van der Waals surface area contributed by atoms with Crippen LogP contribution in [0, 0.1) is 0 Å². The van der Waals surface area contributed by atoms with E-state index in [1.807, 2.05) is 0 Å². The molecule has 0 saturated carbocycles. The summed E-state index contributed by atoms with van der Waals surface area (Å²) >= 11 is 0. The van der Waals surface area contributed by atoms with Crippen molar-refractivity contribution in [2.24, 2.45) is 0 Å². The molecule has 0 amide bonds. The van der Waals surface area contributed by atoms with Crippen molar-refractivity contribution in [1.82, 2.24) is 0 Å². The van der Waals surface area contributed by atoms with Crippen LogP contribution < -0.4 is 4.90 Å². The van der Waals surface area contributed by atoms with E-state index in [0.29, 0.717) is 0 Å². The molecule has 9 aromatic carbocycles. The summed E-state index contributed by atoms with van der Waals surface area (Å²) in [6.45, 7) is 14.6. The summed E-state index contributed by atoms with van der Waals surface area (Å²) in [5, 5.41) is 5.03. The number of hydrogen-bond donors (Lipinski definition) is 0. The van der Waals surface area contributed by atoms with Gasteiger partial charge in [0.1, 0.15) is 0 Å². The SMILES string of the molecule is CC1(C)CCC(C)(C)c2c(-c3cc4c(cc3N(c3ccc(-c5ccc6ccccc6c5)cc3)c3ccc(-c5ccc6ccccc6c5)cc3)C(C)(C)c3ccccc3-4)cccc21. The molecule has 0 aromatic heterocycles. The molecule has 9 aromatic rings. The van der Waals surface area contributed by atoms with Gasteiger partial charge in [0.2, 0.25) is 0 Å². The molecule has 62 heavy (non-hydrogen) atoms. The Bertz CT molecular complexity index is 3070. The lowest BCUT2D eigenvalue weighted by Gasteiger charge is -2.43. The Morgan fingerprint density at radius 1 is 0.339 bits per heavy atom. The molecule has 0 spiro atoms. The predicted molar refractivity (Wildman–Crippen MR) is 265 cm³/mol. The van der Waals surface area contributed by atoms with E-state index < -0.39 is 0 Å². The fraction of sp³-hybridized carbons (Fsp3) is 0.180. The standard InChI is InChI=1S/C61H53N/c1-59(2)34-35-60(3,4)58-51(19-13-21-55(58)59)53-38-52-50-18-11-12-20-54(50)61(5,6)56(52)39-57(53)62(48-30-26-42(27-31-48)46-24-22-40-14-7-9-16-44(40)36-46)49-32-28-43(29-33-49)47-25-23-41-15-8-10-17-45(41)37-47/h7-33,36-39H,34-35H2,1-6H3. The first-order valence-corrected chi connectivity index (χ1v) is 22.4. The first-order valence-electron chi connectivity index (χ1n) is 22.4. The number of benzene rings is 9. The van der Waals surface area contributed by atoms with Crippen molar-refractivity contribution in [2.45, 2.75) is 70.6 Å². The van der Waals surface area contributed by atoms with E-state index in [4.69, 9.17) is 0 Å². The van der Waals surface area contributed by atoms with Crippen molar-refractivity contribution < 1.29 is 0 Å². The van der Waals surface area contributed by atoms with Gasteiger partial charge in [0, 0.05) is 22.4 Å². The van der Waals surface area contributed by atoms with E-state index in [0.717, 1.165) is 17.8 Å². The lowest BCUT2D eigenvalue weighted by atomic mass is 9.61. The van der Waals surface area contributed by atoms with Crippen LogP contribution in [0.5, 0.6) is 0 Å². The van der Waals surface area contributed by atoms with E-state index in [2.05, 4.69) is 234 Å². The third-order valence-electron chi connectivity index (χ3n) is 14.5. The molecule has 302 valence electrons. The quantitative estimate of drug-likeness (QED) is 0.162. The van der Waals surface area contributed by atoms with Gasteiger partial charge in [-0.2, -0.15) is 0 Å². The second-order valence-electron chi connectivity index (χ2n) is 19.6. The molecule has 11 rings (SSSR count). The van der Waals surface area contributed by atoms with Gasteiger partial charge < -0.3 is 4.90 Å². The zero-order chi connectivity index (χ0) is 42.4. The molecular formula is C61H53N. The van der Waals surface area contributed by atoms with Gasteiger partial charge in [-0.3, -0.25) is 0 Å². The molecule has 0 bridgehead atoms. The summed E-state index contributed by atoms with van der Waals surface area (Å²) in [4.78, 5) is 2.53. The molecule has 0 aliphatic heterocycles. The van der Waals surface area contributed by atoms with Crippen molar-refractivity contribution in [3.8, 4) is 44.5 Å². The Labute approximate surface area is 367 Å². The van der Waals surface area contributed by atoms with Crippen LogP contribution in [0.25, 0.3) is 66.1 Å². The molecule has 2 aliphatic rings. The minimum absolute atomic E-state index is 0.0166. The van der Waals surface area contributed by atoms with E-state index in [-0.39, 0.29) is 16.2 Å². The maximum Gasteiger partial charge on any atom is 0.0543 e. The molecule has 2 aliphatic carbocycles. The maximum absolute atomic E-state index is 2.55. The highest BCUT2D eigenvalue weighted by Crippen LogP contribution is 2.56. The summed E-state index contributed by atoms with van der Waals surface area (Å²) in [7, 11) is 0. The van der Waals surface area contributed by atoms with Gasteiger partial charge in [0.25, 0.3) is 0 Å². The molecule has 0 fully saturated rings. The lowest BCUT2D eigenvalue weighted by molar-refractivity contribution is 0.333. The van der Waals surface area contributed by atoms with Crippen LogP contribution in [0.1, 0.15) is 76.6 Å². The summed E-state index contributed by atoms with van der Waals surface area (Å²) < 4.78 is 0. The lowest BCUT2D eigenvalue weighted by Crippen LogP contribution is -2.34. The van der Waals surface area contributed by atoms with Crippen molar-refractivity contribution in [1.29, 1.82) is 0 Å². The molecule has 1 nitrogen and oxygen atoms in total.